The minimum absolute atomic E-state index is 0.0947. The molecule has 5 heteroatoms. The van der Waals surface area contributed by atoms with Gasteiger partial charge in [0.15, 0.2) is 11.5 Å². The van der Waals surface area contributed by atoms with Crippen molar-refractivity contribution < 1.29 is 14.3 Å². The number of nitrogens with one attached hydrogen (secondary N) is 1. The number of para-hydroxylation sites is 1. The molecule has 142 valence electrons. The highest BCUT2D eigenvalue weighted by atomic mass is 16.5. The summed E-state index contributed by atoms with van der Waals surface area (Å²) in [6, 6.07) is 13.9. The molecule has 1 aliphatic carbocycles. The number of anilines is 1. The predicted octanol–water partition coefficient (Wildman–Crippen LogP) is 4.46. The van der Waals surface area contributed by atoms with Gasteiger partial charge in [-0.25, -0.2) is 0 Å². The lowest BCUT2D eigenvalue weighted by molar-refractivity contribution is 0.0666. The number of amides is 1. The molecule has 1 fully saturated rings. The first kappa shape index (κ1) is 17.7. The molecule has 1 amide bonds. The van der Waals surface area contributed by atoms with Gasteiger partial charge in [0.2, 0.25) is 0 Å². The first-order valence-corrected chi connectivity index (χ1v) is 9.57. The van der Waals surface area contributed by atoms with Gasteiger partial charge in [-0.05, 0) is 48.6 Å². The van der Waals surface area contributed by atoms with Crippen LogP contribution in [0.2, 0.25) is 0 Å². The molecule has 2 aromatic rings. The number of rotatable bonds is 6. The first-order valence-electron chi connectivity index (χ1n) is 9.57. The fraction of sp³-hybridized carbons (Fsp3) is 0.409. The summed E-state index contributed by atoms with van der Waals surface area (Å²) in [5.74, 6) is 1.94. The number of nitrogens with zero attached hydrogens (tertiary/aromatic N) is 1. The van der Waals surface area contributed by atoms with Crippen molar-refractivity contribution in [3.8, 4) is 11.5 Å². The molecule has 0 spiro atoms. The van der Waals surface area contributed by atoms with E-state index in [1.54, 1.807) is 7.11 Å². The van der Waals surface area contributed by atoms with E-state index >= 15 is 0 Å². The number of carbonyl (C=O) groups is 1. The first-order chi connectivity index (χ1) is 13.1. The second kappa shape index (κ2) is 7.14. The maximum Gasteiger partial charge on any atom is 0.258 e. The predicted molar refractivity (Wildman–Crippen MR) is 105 cm³/mol. The van der Waals surface area contributed by atoms with Crippen molar-refractivity contribution in [3.63, 3.8) is 0 Å². The van der Waals surface area contributed by atoms with Gasteiger partial charge in [-0.15, -0.1) is 0 Å². The minimum Gasteiger partial charge on any atom is -0.493 e. The van der Waals surface area contributed by atoms with Crippen LogP contribution in [0.3, 0.4) is 0 Å². The van der Waals surface area contributed by atoms with Crippen molar-refractivity contribution in [1.29, 1.82) is 0 Å². The number of carbonyl (C=O) groups excluding carboxylic acids is 1. The fourth-order valence-electron chi connectivity index (χ4n) is 3.47. The zero-order chi connectivity index (χ0) is 19.0. The molecule has 0 saturated heterocycles. The van der Waals surface area contributed by atoms with Gasteiger partial charge in [0.05, 0.1) is 19.3 Å². The highest BCUT2D eigenvalue weighted by molar-refractivity contribution is 6.02. The van der Waals surface area contributed by atoms with Gasteiger partial charge in [0.25, 0.3) is 5.91 Å². The van der Waals surface area contributed by atoms with Gasteiger partial charge in [-0.3, -0.25) is 4.79 Å². The maximum absolute atomic E-state index is 13.1. The standard InChI is InChI=1S/C22H26N2O3/c1-14(2)13-27-20-12-15(8-11-19(20)26-3)21-23-18-7-5-4-6-17(18)22(25)24(21)16-9-10-16/h4-8,11-12,14,16,21,23H,9-10,13H2,1-3H3/t21-/m0/s1. The summed E-state index contributed by atoms with van der Waals surface area (Å²) in [6.07, 6.45) is 1.91. The number of ether oxygens (including phenoxy) is 2. The number of hydrogen-bond acceptors (Lipinski definition) is 4. The number of hydrogen-bond donors (Lipinski definition) is 1. The average molecular weight is 366 g/mol. The summed E-state index contributed by atoms with van der Waals surface area (Å²) in [7, 11) is 1.65. The molecule has 2 aromatic carbocycles. The summed E-state index contributed by atoms with van der Waals surface area (Å²) in [5, 5.41) is 3.55. The second-order valence-corrected chi connectivity index (χ2v) is 7.65. The molecule has 1 atom stereocenters. The lowest BCUT2D eigenvalue weighted by atomic mass is 10.0. The van der Waals surface area contributed by atoms with E-state index in [1.807, 2.05) is 47.4 Å². The highest BCUT2D eigenvalue weighted by Gasteiger charge is 2.42. The average Bonchev–Trinajstić information content (AvgIpc) is 3.51. The Kier molecular flexibility index (Phi) is 4.68. The smallest absolute Gasteiger partial charge is 0.258 e. The Morgan fingerprint density at radius 1 is 1.15 bits per heavy atom. The fourth-order valence-corrected chi connectivity index (χ4v) is 3.47. The van der Waals surface area contributed by atoms with Crippen LogP contribution in [0.4, 0.5) is 5.69 Å². The van der Waals surface area contributed by atoms with Crippen molar-refractivity contribution in [3.05, 3.63) is 53.6 Å². The molecular formula is C22H26N2O3. The summed E-state index contributed by atoms with van der Waals surface area (Å²) in [4.78, 5) is 15.1. The van der Waals surface area contributed by atoms with Crippen molar-refractivity contribution in [2.24, 2.45) is 5.92 Å². The molecule has 1 N–H and O–H groups in total. The van der Waals surface area contributed by atoms with E-state index in [9.17, 15) is 4.79 Å². The van der Waals surface area contributed by atoms with E-state index in [4.69, 9.17) is 9.47 Å². The SMILES string of the molecule is COc1ccc([C@H]2Nc3ccccc3C(=O)N2C2CC2)cc1OCC(C)C. The third-order valence-electron chi connectivity index (χ3n) is 4.98. The molecule has 1 heterocycles. The molecule has 1 saturated carbocycles. The highest BCUT2D eigenvalue weighted by Crippen LogP contribution is 2.42. The molecule has 0 bridgehead atoms. The molecule has 1 aliphatic heterocycles. The normalized spacial score (nSPS) is 18.9. The van der Waals surface area contributed by atoms with Gasteiger partial charge in [-0.2, -0.15) is 0 Å². The van der Waals surface area contributed by atoms with Crippen molar-refractivity contribution in [2.45, 2.75) is 38.9 Å². The van der Waals surface area contributed by atoms with Crippen LogP contribution in [0.15, 0.2) is 42.5 Å². The van der Waals surface area contributed by atoms with Crippen LogP contribution >= 0.6 is 0 Å². The molecule has 27 heavy (non-hydrogen) atoms. The van der Waals surface area contributed by atoms with E-state index in [0.29, 0.717) is 30.1 Å². The summed E-state index contributed by atoms with van der Waals surface area (Å²) in [6.45, 7) is 4.85. The van der Waals surface area contributed by atoms with Crippen LogP contribution in [-0.2, 0) is 0 Å². The van der Waals surface area contributed by atoms with Gasteiger partial charge < -0.3 is 19.7 Å². The minimum atomic E-state index is -0.202. The summed E-state index contributed by atoms with van der Waals surface area (Å²) >= 11 is 0. The Balaban J connectivity index is 1.70. The summed E-state index contributed by atoms with van der Waals surface area (Å²) in [5.41, 5.74) is 2.62. The molecule has 0 unspecified atom stereocenters. The topological polar surface area (TPSA) is 50.8 Å². The molecule has 0 aromatic heterocycles. The summed E-state index contributed by atoms with van der Waals surface area (Å²) < 4.78 is 11.4. The zero-order valence-electron chi connectivity index (χ0n) is 16.1. The molecule has 2 aliphatic rings. The lowest BCUT2D eigenvalue weighted by Gasteiger charge is -2.38. The van der Waals surface area contributed by atoms with Crippen LogP contribution < -0.4 is 14.8 Å². The van der Waals surface area contributed by atoms with E-state index in [-0.39, 0.29) is 12.1 Å². The van der Waals surface area contributed by atoms with E-state index in [0.717, 1.165) is 29.7 Å². The maximum atomic E-state index is 13.1. The Hall–Kier alpha value is -2.69. The molecular weight excluding hydrogens is 340 g/mol. The quantitative estimate of drug-likeness (QED) is 0.820. The van der Waals surface area contributed by atoms with Crippen LogP contribution in [-0.4, -0.2) is 30.6 Å². The monoisotopic (exact) mass is 366 g/mol. The lowest BCUT2D eigenvalue weighted by Crippen LogP contribution is -2.44. The largest absolute Gasteiger partial charge is 0.493 e. The van der Waals surface area contributed by atoms with Crippen LogP contribution in [0.25, 0.3) is 0 Å². The van der Waals surface area contributed by atoms with Crippen LogP contribution in [0.5, 0.6) is 11.5 Å². The van der Waals surface area contributed by atoms with Crippen molar-refractivity contribution >= 4 is 11.6 Å². The van der Waals surface area contributed by atoms with E-state index in [1.165, 1.54) is 0 Å². The number of benzene rings is 2. The van der Waals surface area contributed by atoms with Crippen molar-refractivity contribution in [1.82, 2.24) is 4.90 Å². The molecule has 5 nitrogen and oxygen atoms in total. The van der Waals surface area contributed by atoms with Crippen LogP contribution in [0.1, 0.15) is 48.8 Å². The van der Waals surface area contributed by atoms with Gasteiger partial charge >= 0.3 is 0 Å². The Labute approximate surface area is 160 Å². The van der Waals surface area contributed by atoms with Gasteiger partial charge in [-0.1, -0.05) is 32.0 Å². The van der Waals surface area contributed by atoms with E-state index < -0.39 is 0 Å². The molecule has 4 rings (SSSR count). The van der Waals surface area contributed by atoms with Crippen molar-refractivity contribution in [2.75, 3.05) is 19.0 Å². The van der Waals surface area contributed by atoms with Gasteiger partial charge in [0, 0.05) is 11.7 Å². The Morgan fingerprint density at radius 3 is 2.63 bits per heavy atom. The second-order valence-electron chi connectivity index (χ2n) is 7.65. The molecule has 0 radical (unpaired) electrons. The third kappa shape index (κ3) is 3.46. The number of methoxy groups -OCH3 is 1. The van der Waals surface area contributed by atoms with E-state index in [2.05, 4.69) is 19.2 Å². The third-order valence-corrected chi connectivity index (χ3v) is 4.98. The Bertz CT molecular complexity index is 845. The van der Waals surface area contributed by atoms with Crippen LogP contribution in [0, 0.1) is 5.92 Å². The van der Waals surface area contributed by atoms with Gasteiger partial charge in [0.1, 0.15) is 6.17 Å². The zero-order valence-corrected chi connectivity index (χ0v) is 16.1. The number of fused-ring (bicyclic) bond motifs is 1. The Morgan fingerprint density at radius 2 is 1.93 bits per heavy atom.